The van der Waals surface area contributed by atoms with Crippen LogP contribution >= 0.6 is 0 Å². The van der Waals surface area contributed by atoms with Crippen LogP contribution in [0.15, 0.2) is 54.7 Å². The Bertz CT molecular complexity index is 666. The molecule has 0 unspecified atom stereocenters. The maximum absolute atomic E-state index is 14.1. The van der Waals surface area contributed by atoms with Crippen LogP contribution in [0.5, 0.6) is 0 Å². The van der Waals surface area contributed by atoms with E-state index >= 15 is 0 Å². The number of fused-ring (bicyclic) bond motifs is 3. The Kier molecular flexibility index (Phi) is 2.59. The van der Waals surface area contributed by atoms with Crippen molar-refractivity contribution in [1.82, 2.24) is 4.98 Å². The van der Waals surface area contributed by atoms with Crippen LogP contribution in [-0.4, -0.2) is 4.98 Å². The summed E-state index contributed by atoms with van der Waals surface area (Å²) in [6.45, 7) is 0. The molecule has 1 aromatic carbocycles. The van der Waals surface area contributed by atoms with Gasteiger partial charge in [-0.05, 0) is 36.1 Å². The monoisotopic (exact) mass is 266 g/mol. The van der Waals surface area contributed by atoms with E-state index in [1.807, 2.05) is 24.3 Å². The fourth-order valence-corrected chi connectivity index (χ4v) is 3.44. The van der Waals surface area contributed by atoms with Crippen molar-refractivity contribution in [2.24, 2.45) is 5.92 Å². The molecule has 0 saturated heterocycles. The van der Waals surface area contributed by atoms with Gasteiger partial charge in [0, 0.05) is 12.1 Å². The second kappa shape index (κ2) is 4.44. The quantitative estimate of drug-likeness (QED) is 0.788. The summed E-state index contributed by atoms with van der Waals surface area (Å²) in [5.41, 5.74) is 2.69. The fourth-order valence-electron chi connectivity index (χ4n) is 3.44. The first-order valence-corrected chi connectivity index (χ1v) is 6.97. The molecule has 3 atom stereocenters. The lowest BCUT2D eigenvalue weighted by Gasteiger charge is -2.36. The zero-order valence-electron chi connectivity index (χ0n) is 11.0. The Hall–Kier alpha value is -2.16. The molecule has 0 fully saturated rings. The lowest BCUT2D eigenvalue weighted by atomic mass is 9.78. The Labute approximate surface area is 117 Å². The van der Waals surface area contributed by atoms with Gasteiger partial charge in [-0.25, -0.2) is 4.39 Å². The van der Waals surface area contributed by atoms with Gasteiger partial charge in [0.15, 0.2) is 0 Å². The number of hydrogen-bond acceptors (Lipinski definition) is 2. The molecule has 4 rings (SSSR count). The van der Waals surface area contributed by atoms with Crippen molar-refractivity contribution in [3.8, 4) is 0 Å². The third kappa shape index (κ3) is 1.66. The zero-order valence-corrected chi connectivity index (χ0v) is 11.0. The summed E-state index contributed by atoms with van der Waals surface area (Å²) in [5, 5.41) is 3.38. The summed E-state index contributed by atoms with van der Waals surface area (Å²) < 4.78 is 14.1. The minimum Gasteiger partial charge on any atom is -0.374 e. The van der Waals surface area contributed by atoms with Gasteiger partial charge >= 0.3 is 0 Å². The Morgan fingerprint density at radius 1 is 1.15 bits per heavy atom. The summed E-state index contributed by atoms with van der Waals surface area (Å²) in [4.78, 5) is 4.45. The van der Waals surface area contributed by atoms with E-state index in [1.165, 1.54) is 6.07 Å². The van der Waals surface area contributed by atoms with Gasteiger partial charge in [0.25, 0.3) is 0 Å². The SMILES string of the molecule is Fc1cccc2c1N[C@@H](c1ccccn1)[C@@H]1CC=C[C@H]21. The van der Waals surface area contributed by atoms with Crippen LogP contribution in [0.3, 0.4) is 0 Å². The third-order valence-corrected chi connectivity index (χ3v) is 4.35. The number of para-hydroxylation sites is 1. The number of nitrogens with one attached hydrogen (secondary N) is 1. The summed E-state index contributed by atoms with van der Waals surface area (Å²) in [5.74, 6) is 0.523. The Balaban J connectivity index is 1.83. The van der Waals surface area contributed by atoms with Crippen LogP contribution in [-0.2, 0) is 0 Å². The minimum absolute atomic E-state index is 0.0700. The Morgan fingerprint density at radius 3 is 2.95 bits per heavy atom. The van der Waals surface area contributed by atoms with Crippen molar-refractivity contribution in [1.29, 1.82) is 0 Å². The van der Waals surface area contributed by atoms with Crippen molar-refractivity contribution < 1.29 is 4.39 Å². The number of rotatable bonds is 1. The average Bonchev–Trinajstić information content (AvgIpc) is 2.97. The van der Waals surface area contributed by atoms with Gasteiger partial charge < -0.3 is 5.32 Å². The number of hydrogen-bond donors (Lipinski definition) is 1. The van der Waals surface area contributed by atoms with E-state index in [0.717, 1.165) is 17.7 Å². The molecule has 2 nitrogen and oxygen atoms in total. The molecule has 3 heteroatoms. The molecule has 2 heterocycles. The van der Waals surface area contributed by atoms with Gasteiger partial charge in [-0.1, -0.05) is 30.4 Å². The third-order valence-electron chi connectivity index (χ3n) is 4.35. The van der Waals surface area contributed by atoms with Crippen LogP contribution in [0.1, 0.15) is 29.6 Å². The van der Waals surface area contributed by atoms with E-state index in [1.54, 1.807) is 12.3 Å². The van der Waals surface area contributed by atoms with E-state index in [2.05, 4.69) is 22.5 Å². The molecule has 100 valence electrons. The van der Waals surface area contributed by atoms with Crippen LogP contribution in [0.4, 0.5) is 10.1 Å². The van der Waals surface area contributed by atoms with Crippen molar-refractivity contribution in [2.45, 2.75) is 18.4 Å². The van der Waals surface area contributed by atoms with Crippen molar-refractivity contribution in [3.63, 3.8) is 0 Å². The topological polar surface area (TPSA) is 24.9 Å². The van der Waals surface area contributed by atoms with Gasteiger partial charge in [-0.15, -0.1) is 0 Å². The number of aromatic nitrogens is 1. The summed E-state index contributed by atoms with van der Waals surface area (Å²) >= 11 is 0. The molecular formula is C17H15FN2. The molecule has 1 aromatic heterocycles. The standard InChI is InChI=1S/C17H15FN2/c18-14-8-4-7-12-11-5-3-6-13(11)17(20-16(12)14)15-9-1-2-10-19-15/h1-5,7-11,13,17,20H,6H2/t11-,13-,17-/m1/s1. The molecule has 0 radical (unpaired) electrons. The molecule has 0 amide bonds. The highest BCUT2D eigenvalue weighted by Crippen LogP contribution is 2.49. The van der Waals surface area contributed by atoms with Gasteiger partial charge in [0.2, 0.25) is 0 Å². The highest BCUT2D eigenvalue weighted by molar-refractivity contribution is 5.60. The molecule has 0 saturated carbocycles. The molecule has 20 heavy (non-hydrogen) atoms. The molecule has 0 spiro atoms. The number of halogens is 1. The summed E-state index contributed by atoms with van der Waals surface area (Å²) in [6, 6.07) is 11.3. The molecule has 2 aliphatic rings. The van der Waals surface area contributed by atoms with Gasteiger partial charge in [0.1, 0.15) is 5.82 Å². The largest absolute Gasteiger partial charge is 0.374 e. The van der Waals surface area contributed by atoms with Crippen LogP contribution in [0, 0.1) is 11.7 Å². The van der Waals surface area contributed by atoms with Gasteiger partial charge in [-0.3, -0.25) is 4.98 Å². The molecular weight excluding hydrogens is 251 g/mol. The number of pyridine rings is 1. The number of nitrogens with zero attached hydrogens (tertiary/aromatic N) is 1. The van der Waals surface area contributed by atoms with Crippen LogP contribution in [0.2, 0.25) is 0 Å². The van der Waals surface area contributed by atoms with E-state index in [4.69, 9.17) is 0 Å². The van der Waals surface area contributed by atoms with Crippen LogP contribution in [0.25, 0.3) is 0 Å². The van der Waals surface area contributed by atoms with Gasteiger partial charge in [-0.2, -0.15) is 0 Å². The zero-order chi connectivity index (χ0) is 13.5. The molecule has 2 aromatic rings. The lowest BCUT2D eigenvalue weighted by Crippen LogP contribution is -2.30. The molecule has 1 aliphatic carbocycles. The fraction of sp³-hybridized carbons (Fsp3) is 0.235. The highest BCUT2D eigenvalue weighted by Gasteiger charge is 2.39. The first-order valence-electron chi connectivity index (χ1n) is 6.97. The first-order chi connectivity index (χ1) is 9.84. The number of allylic oxidation sites excluding steroid dienone is 2. The highest BCUT2D eigenvalue weighted by atomic mass is 19.1. The predicted molar refractivity (Wildman–Crippen MR) is 77.0 cm³/mol. The van der Waals surface area contributed by atoms with Crippen molar-refractivity contribution in [3.05, 3.63) is 71.8 Å². The predicted octanol–water partition coefficient (Wildman–Crippen LogP) is 4.05. The molecule has 1 aliphatic heterocycles. The normalized spacial score (nSPS) is 26.8. The molecule has 0 bridgehead atoms. The van der Waals surface area contributed by atoms with E-state index in [-0.39, 0.29) is 17.8 Å². The lowest BCUT2D eigenvalue weighted by molar-refractivity contribution is 0.414. The number of benzene rings is 1. The maximum atomic E-state index is 14.1. The van der Waals surface area contributed by atoms with E-state index < -0.39 is 0 Å². The van der Waals surface area contributed by atoms with Gasteiger partial charge in [0.05, 0.1) is 17.4 Å². The second-order valence-electron chi connectivity index (χ2n) is 5.43. The molecule has 1 N–H and O–H groups in total. The minimum atomic E-state index is -0.179. The van der Waals surface area contributed by atoms with E-state index in [9.17, 15) is 4.39 Å². The summed E-state index contributed by atoms with van der Waals surface area (Å²) in [7, 11) is 0. The van der Waals surface area contributed by atoms with Crippen molar-refractivity contribution >= 4 is 5.69 Å². The smallest absolute Gasteiger partial charge is 0.146 e. The first kappa shape index (κ1) is 11.6. The van der Waals surface area contributed by atoms with E-state index in [0.29, 0.717) is 11.6 Å². The Morgan fingerprint density at radius 2 is 2.10 bits per heavy atom. The summed E-state index contributed by atoms with van der Waals surface area (Å²) in [6.07, 6.45) is 7.22. The average molecular weight is 266 g/mol. The maximum Gasteiger partial charge on any atom is 0.146 e. The van der Waals surface area contributed by atoms with Crippen LogP contribution < -0.4 is 5.32 Å². The number of anilines is 1. The second-order valence-corrected chi connectivity index (χ2v) is 5.43. The van der Waals surface area contributed by atoms with Crippen molar-refractivity contribution in [2.75, 3.05) is 5.32 Å².